The van der Waals surface area contributed by atoms with Crippen molar-refractivity contribution in [3.63, 3.8) is 0 Å². The molecule has 0 radical (unpaired) electrons. The summed E-state index contributed by atoms with van der Waals surface area (Å²) in [5, 5.41) is 7.38. The largest absolute Gasteiger partial charge is 0.443 e. The van der Waals surface area contributed by atoms with Gasteiger partial charge in [-0.2, -0.15) is 13.5 Å². The number of fused-ring (bicyclic) bond motifs is 1. The summed E-state index contributed by atoms with van der Waals surface area (Å²) in [6.07, 6.45) is 0.231. The molecule has 0 bridgehead atoms. The molecule has 0 aliphatic heterocycles. The number of furan rings is 1. The maximum absolute atomic E-state index is 13.1. The Bertz CT molecular complexity index is 1470. The lowest BCUT2D eigenvalue weighted by Gasteiger charge is -2.13. The minimum atomic E-state index is -4.20. The zero-order valence-electron chi connectivity index (χ0n) is 21.2. The first-order valence-electron chi connectivity index (χ1n) is 11.6. The lowest BCUT2D eigenvalue weighted by atomic mass is 10.1. The predicted octanol–water partition coefficient (Wildman–Crippen LogP) is 6.30. The van der Waals surface area contributed by atoms with E-state index in [1.54, 1.807) is 31.2 Å². The summed E-state index contributed by atoms with van der Waals surface area (Å²) >= 11 is 6.04. The number of nitrogens with zero attached hydrogens (tertiary/aromatic N) is 1. The van der Waals surface area contributed by atoms with Crippen molar-refractivity contribution in [2.24, 2.45) is 0 Å². The van der Waals surface area contributed by atoms with Crippen LogP contribution in [0.25, 0.3) is 11.0 Å². The number of para-hydroxylation sites is 1. The molecule has 36 heavy (non-hydrogen) atoms. The molecule has 0 aliphatic rings. The molecular formula is C25H32ClN3O5S2. The second-order valence-electron chi connectivity index (χ2n) is 7.33. The fraction of sp³-hybridized carbons (Fsp3) is 0.320. The Morgan fingerprint density at radius 1 is 0.972 bits per heavy atom. The molecule has 0 unspecified atom stereocenters. The number of benzene rings is 2. The molecule has 0 fully saturated rings. The molecule has 0 spiro atoms. The van der Waals surface area contributed by atoms with Crippen molar-refractivity contribution in [2.45, 2.75) is 58.0 Å². The lowest BCUT2D eigenvalue weighted by molar-refractivity contribution is 0.484. The standard InChI is InChI=1S/C21H20ClN3O5S2.2C2H6/c1-13-17(14(2)24-23-13)9-10-31(26,27)20-8-7-16(22)12-18(20)25-32(28,29)21-11-15-5-3-4-6-19(15)30-21;2*1-2/h3-8,11-12,25H,9-10H2,1-2H3,(H,23,24);2*1-2H3. The summed E-state index contributed by atoms with van der Waals surface area (Å²) in [6, 6.07) is 12.2. The van der Waals surface area contributed by atoms with Gasteiger partial charge in [-0.15, -0.1) is 0 Å². The highest BCUT2D eigenvalue weighted by Gasteiger charge is 2.26. The van der Waals surface area contributed by atoms with Crippen LogP contribution < -0.4 is 4.72 Å². The average molecular weight is 554 g/mol. The van der Waals surface area contributed by atoms with Crippen molar-refractivity contribution in [1.29, 1.82) is 0 Å². The van der Waals surface area contributed by atoms with Gasteiger partial charge in [0.1, 0.15) is 5.58 Å². The van der Waals surface area contributed by atoms with Crippen LogP contribution in [-0.2, 0) is 26.3 Å². The first-order chi connectivity index (χ1) is 17.1. The van der Waals surface area contributed by atoms with Gasteiger partial charge in [0.05, 0.1) is 22.0 Å². The van der Waals surface area contributed by atoms with Crippen LogP contribution in [0, 0.1) is 13.8 Å². The number of rotatable bonds is 7. The molecule has 196 valence electrons. The zero-order valence-corrected chi connectivity index (χ0v) is 23.6. The Hall–Kier alpha value is -2.82. The third kappa shape index (κ3) is 6.68. The van der Waals surface area contributed by atoms with Crippen LogP contribution in [0.5, 0.6) is 0 Å². The van der Waals surface area contributed by atoms with Gasteiger partial charge in [0.2, 0.25) is 5.09 Å². The summed E-state index contributed by atoms with van der Waals surface area (Å²) in [5.74, 6) is -0.227. The van der Waals surface area contributed by atoms with Crippen molar-refractivity contribution >= 4 is 48.1 Å². The van der Waals surface area contributed by atoms with Gasteiger partial charge in [-0.3, -0.25) is 9.82 Å². The van der Waals surface area contributed by atoms with E-state index in [2.05, 4.69) is 14.9 Å². The monoisotopic (exact) mass is 553 g/mol. The summed E-state index contributed by atoms with van der Waals surface area (Å²) in [6.45, 7) is 11.6. The number of sulfone groups is 1. The molecule has 0 aliphatic carbocycles. The highest BCUT2D eigenvalue weighted by molar-refractivity contribution is 7.93. The van der Waals surface area contributed by atoms with Gasteiger partial charge in [-0.1, -0.05) is 57.5 Å². The van der Waals surface area contributed by atoms with Crippen molar-refractivity contribution in [1.82, 2.24) is 10.2 Å². The van der Waals surface area contributed by atoms with Gasteiger partial charge in [0.25, 0.3) is 10.0 Å². The summed E-state index contributed by atoms with van der Waals surface area (Å²) in [5.41, 5.74) is 2.59. The third-order valence-electron chi connectivity index (χ3n) is 5.09. The van der Waals surface area contributed by atoms with E-state index in [9.17, 15) is 16.8 Å². The SMILES string of the molecule is CC.CC.Cc1n[nH]c(C)c1CCS(=O)(=O)c1ccc(Cl)cc1NS(=O)(=O)c1cc2ccccc2o1. The number of aromatic amines is 1. The fourth-order valence-corrected chi connectivity index (χ4v) is 6.12. The minimum absolute atomic E-state index is 0.140. The van der Waals surface area contributed by atoms with Crippen molar-refractivity contribution in [3.8, 4) is 0 Å². The summed E-state index contributed by atoms with van der Waals surface area (Å²) in [4.78, 5) is -0.166. The van der Waals surface area contributed by atoms with E-state index < -0.39 is 19.9 Å². The second kappa shape index (κ2) is 12.4. The first-order valence-corrected chi connectivity index (χ1v) is 15.1. The van der Waals surface area contributed by atoms with Gasteiger partial charge in [-0.05, 0) is 50.1 Å². The van der Waals surface area contributed by atoms with Crippen LogP contribution in [0.15, 0.2) is 62.9 Å². The Balaban J connectivity index is 0.00000109. The van der Waals surface area contributed by atoms with Crippen LogP contribution in [0.1, 0.15) is 44.6 Å². The highest BCUT2D eigenvalue weighted by Crippen LogP contribution is 2.30. The van der Waals surface area contributed by atoms with Crippen LogP contribution in [-0.4, -0.2) is 32.8 Å². The number of H-pyrrole nitrogens is 1. The van der Waals surface area contributed by atoms with E-state index in [4.69, 9.17) is 16.0 Å². The van der Waals surface area contributed by atoms with Crippen molar-refractivity contribution in [3.05, 3.63) is 70.5 Å². The normalized spacial score (nSPS) is 11.3. The molecule has 4 rings (SSSR count). The Morgan fingerprint density at radius 2 is 1.64 bits per heavy atom. The second-order valence-corrected chi connectivity index (χ2v) is 11.5. The Kier molecular flexibility index (Phi) is 10.2. The number of nitrogens with one attached hydrogen (secondary N) is 2. The zero-order chi connectivity index (χ0) is 27.1. The summed E-state index contributed by atoms with van der Waals surface area (Å²) < 4.78 is 59.9. The topological polar surface area (TPSA) is 122 Å². The van der Waals surface area contributed by atoms with E-state index >= 15 is 0 Å². The van der Waals surface area contributed by atoms with E-state index in [0.29, 0.717) is 11.0 Å². The lowest BCUT2D eigenvalue weighted by Crippen LogP contribution is -2.17. The van der Waals surface area contributed by atoms with Gasteiger partial charge in [0, 0.05) is 22.2 Å². The van der Waals surface area contributed by atoms with Crippen LogP contribution in [0.3, 0.4) is 0 Å². The van der Waals surface area contributed by atoms with E-state index in [0.717, 1.165) is 17.0 Å². The molecule has 0 amide bonds. The maximum Gasteiger partial charge on any atom is 0.295 e. The van der Waals surface area contributed by atoms with Crippen LogP contribution >= 0.6 is 11.6 Å². The van der Waals surface area contributed by atoms with Crippen LogP contribution in [0.4, 0.5) is 5.69 Å². The number of hydrogen-bond donors (Lipinski definition) is 2. The molecule has 8 nitrogen and oxygen atoms in total. The molecule has 11 heteroatoms. The fourth-order valence-electron chi connectivity index (χ4n) is 3.43. The predicted molar refractivity (Wildman–Crippen MR) is 145 cm³/mol. The van der Waals surface area contributed by atoms with Gasteiger partial charge in [-0.25, -0.2) is 8.42 Å². The molecule has 2 aromatic heterocycles. The molecule has 4 aromatic rings. The van der Waals surface area contributed by atoms with Gasteiger partial charge < -0.3 is 4.42 Å². The molecule has 2 aromatic carbocycles. The molecule has 0 atom stereocenters. The summed E-state index contributed by atoms with van der Waals surface area (Å²) in [7, 11) is -8.06. The highest BCUT2D eigenvalue weighted by atomic mass is 35.5. The number of aryl methyl sites for hydroxylation is 2. The molecule has 2 N–H and O–H groups in total. The van der Waals surface area contributed by atoms with Crippen molar-refractivity contribution in [2.75, 3.05) is 10.5 Å². The van der Waals surface area contributed by atoms with Crippen molar-refractivity contribution < 1.29 is 21.3 Å². The quantitative estimate of drug-likeness (QED) is 0.277. The Morgan fingerprint density at radius 3 is 2.25 bits per heavy atom. The smallest absolute Gasteiger partial charge is 0.295 e. The van der Waals surface area contributed by atoms with E-state index in [1.807, 2.05) is 34.6 Å². The minimum Gasteiger partial charge on any atom is -0.443 e. The van der Waals surface area contributed by atoms with Gasteiger partial charge in [0.15, 0.2) is 9.84 Å². The van der Waals surface area contributed by atoms with Crippen LogP contribution in [0.2, 0.25) is 5.02 Å². The molecule has 2 heterocycles. The van der Waals surface area contributed by atoms with Gasteiger partial charge >= 0.3 is 0 Å². The van der Waals surface area contributed by atoms with E-state index in [-0.39, 0.29) is 32.9 Å². The number of anilines is 1. The number of sulfonamides is 1. The molecule has 0 saturated heterocycles. The Labute approximate surface area is 218 Å². The molecule has 0 saturated carbocycles. The number of hydrogen-bond acceptors (Lipinski definition) is 6. The third-order valence-corrected chi connectivity index (χ3v) is 8.31. The molecular weight excluding hydrogens is 522 g/mol. The first kappa shape index (κ1) is 29.4. The number of aromatic nitrogens is 2. The van der Waals surface area contributed by atoms with E-state index in [1.165, 1.54) is 24.3 Å². The average Bonchev–Trinajstić information content (AvgIpc) is 3.43. The maximum atomic E-state index is 13.1. The number of halogens is 1.